The normalized spacial score (nSPS) is 40.3. The molecule has 6 rings (SSSR count). The number of carbonyl (C=O) groups excluding carboxylic acids is 1. The lowest BCUT2D eigenvalue weighted by Crippen LogP contribution is -2.65. The van der Waals surface area contributed by atoms with E-state index in [0.29, 0.717) is 35.8 Å². The summed E-state index contributed by atoms with van der Waals surface area (Å²) in [6, 6.07) is 7.12. The molecule has 0 aromatic heterocycles. The average Bonchev–Trinajstić information content (AvgIpc) is 3.39. The van der Waals surface area contributed by atoms with Crippen LogP contribution < -0.4 is 10.6 Å². The van der Waals surface area contributed by atoms with Gasteiger partial charge in [0.05, 0.1) is 5.56 Å². The summed E-state index contributed by atoms with van der Waals surface area (Å²) in [5.41, 5.74) is 3.70. The minimum Gasteiger partial charge on any atom is -0.480 e. The number of carbonyl (C=O) groups is 3. The number of rotatable bonds is 6. The molecule has 0 spiro atoms. The molecule has 0 radical (unpaired) electrons. The number of amides is 2. The molecule has 0 bridgehead atoms. The van der Waals surface area contributed by atoms with E-state index in [1.54, 1.807) is 12.1 Å². The Kier molecular flexibility index (Phi) is 7.52. The van der Waals surface area contributed by atoms with E-state index in [1.165, 1.54) is 50.5 Å². The van der Waals surface area contributed by atoms with Gasteiger partial charge in [0, 0.05) is 6.54 Å². The predicted octanol–water partition coefficient (Wildman–Crippen LogP) is 7.62. The molecule has 4 saturated carbocycles. The quantitative estimate of drug-likeness (QED) is 0.267. The Labute approximate surface area is 262 Å². The molecular weight excluding hydrogens is 552 g/mol. The zero-order chi connectivity index (χ0) is 31.7. The topological polar surface area (TPSA) is 116 Å². The lowest BCUT2D eigenvalue weighted by molar-refractivity contribution is -0.222. The Morgan fingerprint density at radius 3 is 2.20 bits per heavy atom. The number of carboxylic acids is 2. The lowest BCUT2D eigenvalue weighted by atomic mass is 9.32. The van der Waals surface area contributed by atoms with Crippen molar-refractivity contribution in [2.24, 2.45) is 50.7 Å². The van der Waals surface area contributed by atoms with Crippen LogP contribution in [0.1, 0.15) is 115 Å². The van der Waals surface area contributed by atoms with Gasteiger partial charge in [-0.3, -0.25) is 4.79 Å². The highest BCUT2D eigenvalue weighted by atomic mass is 16.4. The third-order valence-electron chi connectivity index (χ3n) is 14.6. The molecule has 1 aromatic rings. The third-order valence-corrected chi connectivity index (χ3v) is 14.6. The van der Waals surface area contributed by atoms with Crippen LogP contribution >= 0.6 is 0 Å². The van der Waals surface area contributed by atoms with Gasteiger partial charge in [0.25, 0.3) is 0 Å². The predicted molar refractivity (Wildman–Crippen MR) is 171 cm³/mol. The molecule has 4 N–H and O–H groups in total. The Morgan fingerprint density at radius 1 is 0.795 bits per heavy atom. The molecule has 4 fully saturated rings. The van der Waals surface area contributed by atoms with E-state index in [4.69, 9.17) is 5.11 Å². The summed E-state index contributed by atoms with van der Waals surface area (Å²) in [4.78, 5) is 34.8. The summed E-state index contributed by atoms with van der Waals surface area (Å²) < 4.78 is 0. The molecule has 240 valence electrons. The molecule has 7 nitrogen and oxygen atoms in total. The number of aliphatic carboxylic acids is 1. The van der Waals surface area contributed by atoms with Crippen molar-refractivity contribution >= 4 is 23.5 Å². The highest BCUT2D eigenvalue weighted by Gasteiger charge is 2.69. The maximum absolute atomic E-state index is 12.4. The van der Waals surface area contributed by atoms with Gasteiger partial charge in [-0.05, 0) is 132 Å². The van der Waals surface area contributed by atoms with Crippen molar-refractivity contribution in [3.8, 4) is 0 Å². The summed E-state index contributed by atoms with van der Waals surface area (Å²) >= 11 is 0. The van der Waals surface area contributed by atoms with Crippen molar-refractivity contribution in [2.45, 2.75) is 98.8 Å². The van der Waals surface area contributed by atoms with E-state index >= 15 is 0 Å². The van der Waals surface area contributed by atoms with Gasteiger partial charge in [-0.15, -0.1) is 0 Å². The van der Waals surface area contributed by atoms with E-state index < -0.39 is 11.9 Å². The minimum absolute atomic E-state index is 0.00310. The second-order valence-corrected chi connectivity index (χ2v) is 16.4. The SMILES string of the molecule is CC1(C)C(c2ccc(C(=O)O)cc2)=CCC2(C)C1CCC1(C)C2CCC2C3CCCC3(CNC(=O)NCC(=O)O)CC[C@]21C. The van der Waals surface area contributed by atoms with Crippen LogP contribution in [0.2, 0.25) is 0 Å². The summed E-state index contributed by atoms with van der Waals surface area (Å²) in [5.74, 6) is 0.560. The van der Waals surface area contributed by atoms with Gasteiger partial charge in [-0.2, -0.15) is 0 Å². The molecule has 5 aliphatic rings. The zero-order valence-corrected chi connectivity index (χ0v) is 27.3. The van der Waals surface area contributed by atoms with Gasteiger partial charge in [-0.1, -0.05) is 59.2 Å². The van der Waals surface area contributed by atoms with Gasteiger partial charge >= 0.3 is 18.0 Å². The van der Waals surface area contributed by atoms with Gasteiger partial charge in [-0.25, -0.2) is 9.59 Å². The van der Waals surface area contributed by atoms with Crippen molar-refractivity contribution in [3.05, 3.63) is 41.5 Å². The molecule has 5 aliphatic carbocycles. The maximum atomic E-state index is 12.4. The first kappa shape index (κ1) is 31.2. The van der Waals surface area contributed by atoms with E-state index in [1.807, 2.05) is 12.1 Å². The van der Waals surface area contributed by atoms with Crippen molar-refractivity contribution in [1.82, 2.24) is 10.6 Å². The summed E-state index contributed by atoms with van der Waals surface area (Å²) in [7, 11) is 0. The lowest BCUT2D eigenvalue weighted by Gasteiger charge is -2.72. The Morgan fingerprint density at radius 2 is 1.52 bits per heavy atom. The number of hydrogen-bond acceptors (Lipinski definition) is 3. The summed E-state index contributed by atoms with van der Waals surface area (Å²) in [5, 5.41) is 23.9. The van der Waals surface area contributed by atoms with Crippen molar-refractivity contribution in [2.75, 3.05) is 13.1 Å². The van der Waals surface area contributed by atoms with E-state index in [9.17, 15) is 19.5 Å². The second-order valence-electron chi connectivity index (χ2n) is 16.4. The number of hydrogen-bond donors (Lipinski definition) is 4. The highest BCUT2D eigenvalue weighted by molar-refractivity contribution is 5.88. The van der Waals surface area contributed by atoms with Crippen LogP contribution in [0.3, 0.4) is 0 Å². The molecule has 7 unspecified atom stereocenters. The number of benzene rings is 1. The first-order valence-electron chi connectivity index (χ1n) is 17.0. The van der Waals surface area contributed by atoms with E-state index in [0.717, 1.165) is 24.8 Å². The first-order chi connectivity index (χ1) is 20.7. The molecule has 8 atom stereocenters. The smallest absolute Gasteiger partial charge is 0.335 e. The summed E-state index contributed by atoms with van der Waals surface area (Å²) in [6.07, 6.45) is 14.5. The third kappa shape index (κ3) is 4.54. The molecule has 0 heterocycles. The molecular formula is C37H52N2O5. The number of allylic oxidation sites excluding steroid dienone is 2. The van der Waals surface area contributed by atoms with Crippen LogP contribution in [0.4, 0.5) is 4.79 Å². The zero-order valence-electron chi connectivity index (χ0n) is 27.3. The average molecular weight is 605 g/mol. The molecule has 1 aromatic carbocycles. The van der Waals surface area contributed by atoms with Crippen molar-refractivity contribution in [3.63, 3.8) is 0 Å². The van der Waals surface area contributed by atoms with Crippen LogP contribution in [0.15, 0.2) is 30.3 Å². The Hall–Kier alpha value is -2.83. The van der Waals surface area contributed by atoms with Crippen molar-refractivity contribution in [1.29, 1.82) is 0 Å². The fourth-order valence-electron chi connectivity index (χ4n) is 12.4. The number of carboxylic acid groups (broad SMARTS) is 2. The van der Waals surface area contributed by atoms with E-state index in [-0.39, 0.29) is 39.7 Å². The molecule has 2 amide bonds. The molecule has 44 heavy (non-hydrogen) atoms. The highest BCUT2D eigenvalue weighted by Crippen LogP contribution is 2.77. The standard InChI is InChI=1S/C37H52N2O5/c1-33(2)25(23-8-10-24(11-9-23)31(42)43)14-17-34(3)28(33)15-18-36(5)29(34)13-12-26-27-7-6-16-37(27,20-19-35(26,36)4)22-39-32(44)38-21-30(40)41/h8-11,14,26-29H,6-7,12-13,15-22H2,1-5H3,(H,40,41)(H,42,43)(H2,38,39,44)/t26?,27?,28?,29?,34?,35-,36?,37?/m1/s1. The largest absolute Gasteiger partial charge is 0.480 e. The second kappa shape index (κ2) is 10.6. The van der Waals surface area contributed by atoms with Gasteiger partial charge < -0.3 is 20.8 Å². The van der Waals surface area contributed by atoms with E-state index in [2.05, 4.69) is 51.3 Å². The van der Waals surface area contributed by atoms with Crippen LogP contribution in [-0.4, -0.2) is 41.3 Å². The molecule has 0 saturated heterocycles. The monoisotopic (exact) mass is 604 g/mol. The Balaban J connectivity index is 1.25. The maximum Gasteiger partial charge on any atom is 0.335 e. The van der Waals surface area contributed by atoms with Crippen LogP contribution in [0.5, 0.6) is 0 Å². The number of aromatic carboxylic acids is 1. The minimum atomic E-state index is -1.03. The van der Waals surface area contributed by atoms with Gasteiger partial charge in [0.1, 0.15) is 6.54 Å². The molecule has 0 aliphatic heterocycles. The summed E-state index contributed by atoms with van der Waals surface area (Å²) in [6.45, 7) is 13.0. The van der Waals surface area contributed by atoms with Crippen LogP contribution in [0, 0.1) is 50.7 Å². The number of nitrogens with one attached hydrogen (secondary N) is 2. The van der Waals surface area contributed by atoms with Crippen molar-refractivity contribution < 1.29 is 24.6 Å². The fraction of sp³-hybridized carbons (Fsp3) is 0.703. The number of fused-ring (bicyclic) bond motifs is 7. The molecule has 7 heteroatoms. The van der Waals surface area contributed by atoms with Crippen LogP contribution in [0.25, 0.3) is 5.57 Å². The first-order valence-corrected chi connectivity index (χ1v) is 17.0. The van der Waals surface area contributed by atoms with Gasteiger partial charge in [0.2, 0.25) is 0 Å². The van der Waals surface area contributed by atoms with Crippen LogP contribution in [-0.2, 0) is 4.79 Å². The fourth-order valence-corrected chi connectivity index (χ4v) is 12.4. The Bertz CT molecular complexity index is 1370. The van der Waals surface area contributed by atoms with Gasteiger partial charge in [0.15, 0.2) is 0 Å². The number of urea groups is 1.